The van der Waals surface area contributed by atoms with Gasteiger partial charge < -0.3 is 58.1 Å². The molecule has 0 fully saturated rings. The standard InChI is InChI=1S/C19H14N2.C15H12N2.C14H12N2.C13H11N3.4C11H8NO.4Ir/c1-3-9-16(10-4-1)20-15-21(17-11-5-2-6-12-17)19-14-8-7-13-18(19)20;1-3-7-14(8-4-1)16-11-12-17(13-16)15-9-5-2-6-10-15;1-15-11-16(12-7-3-2-4-8-12)14-10-6-5-9-13(14)15;1-15-10-16(11-6-3-2-4-7-11)12-8-5-9-14-13(12)15;4*1-2-6-10(7-3-1)13-11-8-4-5-9-12-11;;;;/h1-11,13-15H;1-9,11-13H;2-7,9-11H,1H3;2-6,8-10H,1H3;4*1-6,8-9H;;;;/q4*-2;4*-1;4*+3. The third kappa shape index (κ3) is 28.2. The van der Waals surface area contributed by atoms with Crippen LogP contribution in [-0.4, -0.2) is 39.0 Å². The number of hydrogen-bond donors (Lipinski definition) is 0. The molecule has 626 valence electrons. The molecule has 9 heterocycles. The van der Waals surface area contributed by atoms with Crippen LogP contribution in [0, 0.1) is 75.2 Å². The Morgan fingerprint density at radius 1 is 0.222 bits per heavy atom. The van der Waals surface area contributed by atoms with E-state index >= 15 is 0 Å². The minimum atomic E-state index is 0. The van der Waals surface area contributed by atoms with Crippen LogP contribution >= 0.6 is 0 Å². The van der Waals surface area contributed by atoms with Crippen molar-refractivity contribution in [1.29, 1.82) is 0 Å². The number of para-hydroxylation sites is 14. The van der Waals surface area contributed by atoms with E-state index in [1.807, 2.05) is 279 Å². The third-order valence-corrected chi connectivity index (χ3v) is 17.8. The smallest absolute Gasteiger partial charge is 0.504 e. The molecule has 0 atom stereocenters. The Balaban J connectivity index is 0.000000150. The molecule has 0 N–H and O–H groups in total. The average Bonchev–Trinajstić information content (AvgIpc) is 1.68. The number of fused-ring (bicyclic) bond motifs is 3. The molecule has 126 heavy (non-hydrogen) atoms. The summed E-state index contributed by atoms with van der Waals surface area (Å²) in [4.78, 5) is 37.4. The van der Waals surface area contributed by atoms with E-state index in [0.29, 0.717) is 46.5 Å². The van der Waals surface area contributed by atoms with Crippen molar-refractivity contribution in [3.05, 3.63) is 507 Å². The average molecular weight is 2360 g/mol. The molecule has 17 nitrogen and oxygen atoms in total. The van der Waals surface area contributed by atoms with Gasteiger partial charge in [-0.3, -0.25) is 0 Å². The summed E-state index contributed by atoms with van der Waals surface area (Å²) in [7, 11) is 4.05. The summed E-state index contributed by atoms with van der Waals surface area (Å²) in [6, 6.07) is 150. The second-order valence-electron chi connectivity index (χ2n) is 26.2. The molecule has 0 radical (unpaired) electrons. The van der Waals surface area contributed by atoms with Crippen molar-refractivity contribution in [2.45, 2.75) is 0 Å². The number of hydrogen-bond acceptors (Lipinski definition) is 17. The van der Waals surface area contributed by atoms with Gasteiger partial charge in [-0.15, -0.1) is 84.6 Å². The van der Waals surface area contributed by atoms with E-state index in [2.05, 4.69) is 226 Å². The number of benzene rings is 12. The SMILES string of the molecule is CN1[CH-]N(c2[c-]cccc2)c2ccccc21.CN1[CH-]N(c2[c-]cccc2)c2cccnc21.[Ir+3].[Ir+3].[Ir+3].[Ir+3].[c-]1ccccc1N1C=CN(c2ccccc2)[CH-]1.[c-]1ccccc1N1[CH-]N(c2ccccc2)c2ccccc21.[c-]1ccccc1Oc1ccccn1.[c-]1ccccc1Oc1ccccn1.[c-]1ccccc1Oc1ccccn1.[c-]1ccccc1Oc1ccccn1. The Kier molecular flexibility index (Phi) is 38.6. The Morgan fingerprint density at radius 3 is 0.889 bits per heavy atom. The molecular formula is C105H81Ir4N13O4. The molecule has 5 aromatic heterocycles. The molecule has 0 bridgehead atoms. The van der Waals surface area contributed by atoms with Gasteiger partial charge in [0.05, 0.1) is 5.69 Å². The molecule has 4 aliphatic rings. The van der Waals surface area contributed by atoms with Crippen LogP contribution in [-0.2, 0) is 80.4 Å². The first-order valence-corrected chi connectivity index (χ1v) is 39.0. The molecule has 4 aliphatic heterocycles. The van der Waals surface area contributed by atoms with Gasteiger partial charge in [-0.1, -0.05) is 84.9 Å². The topological polar surface area (TPSA) is 127 Å². The maximum atomic E-state index is 5.41. The van der Waals surface area contributed by atoms with Crippen LogP contribution in [0.15, 0.2) is 432 Å². The second kappa shape index (κ2) is 51.4. The quantitative estimate of drug-likeness (QED) is 0.0957. The van der Waals surface area contributed by atoms with Gasteiger partial charge >= 0.3 is 80.4 Å². The van der Waals surface area contributed by atoms with E-state index in [4.69, 9.17) is 18.9 Å². The van der Waals surface area contributed by atoms with Gasteiger partial charge in [0.15, 0.2) is 0 Å². The van der Waals surface area contributed by atoms with Gasteiger partial charge in [-0.05, 0) is 111 Å². The van der Waals surface area contributed by atoms with E-state index in [-0.39, 0.29) is 80.4 Å². The van der Waals surface area contributed by atoms with E-state index in [1.165, 1.54) is 22.7 Å². The Hall–Kier alpha value is -13.7. The van der Waals surface area contributed by atoms with Crippen LogP contribution in [0.4, 0.5) is 68.4 Å². The summed E-state index contributed by atoms with van der Waals surface area (Å²) >= 11 is 0. The van der Waals surface area contributed by atoms with Gasteiger partial charge in [-0.25, -0.2) is 24.9 Å². The molecule has 17 aromatic rings. The minimum Gasteiger partial charge on any atom is -0.504 e. The fraction of sp³-hybridized carbons (Fsp3) is 0.0190. The molecule has 0 saturated carbocycles. The molecule has 21 heteroatoms. The summed E-state index contributed by atoms with van der Waals surface area (Å²) in [5.41, 5.74) is 12.4. The molecule has 0 amide bonds. The predicted molar refractivity (Wildman–Crippen MR) is 486 cm³/mol. The fourth-order valence-electron chi connectivity index (χ4n) is 12.1. The van der Waals surface area contributed by atoms with Gasteiger partial charge in [0.25, 0.3) is 0 Å². The number of pyridine rings is 5. The molecule has 0 aliphatic carbocycles. The van der Waals surface area contributed by atoms with Gasteiger partial charge in [0, 0.05) is 112 Å². The number of rotatable bonds is 14. The Bertz CT molecular complexity index is 5200. The van der Waals surface area contributed by atoms with Crippen LogP contribution in [0.5, 0.6) is 46.5 Å². The van der Waals surface area contributed by atoms with E-state index in [1.54, 1.807) is 79.5 Å². The van der Waals surface area contributed by atoms with Crippen molar-refractivity contribution in [2.24, 2.45) is 0 Å². The van der Waals surface area contributed by atoms with E-state index < -0.39 is 0 Å². The molecule has 12 aromatic carbocycles. The van der Waals surface area contributed by atoms with Crippen LogP contribution in [0.2, 0.25) is 0 Å². The van der Waals surface area contributed by atoms with Crippen molar-refractivity contribution >= 4 is 68.4 Å². The van der Waals surface area contributed by atoms with Crippen molar-refractivity contribution in [3.63, 3.8) is 0 Å². The zero-order chi connectivity index (χ0) is 83.2. The van der Waals surface area contributed by atoms with Crippen LogP contribution in [0.3, 0.4) is 0 Å². The third-order valence-electron chi connectivity index (χ3n) is 17.8. The van der Waals surface area contributed by atoms with E-state index in [0.717, 1.165) is 45.6 Å². The van der Waals surface area contributed by atoms with Gasteiger partial charge in [0.2, 0.25) is 23.5 Å². The summed E-state index contributed by atoms with van der Waals surface area (Å²) in [6.07, 6.45) is 12.6. The number of aromatic nitrogens is 5. The fourth-order valence-corrected chi connectivity index (χ4v) is 12.1. The first-order chi connectivity index (χ1) is 60.4. The van der Waals surface area contributed by atoms with E-state index in [9.17, 15) is 0 Å². The van der Waals surface area contributed by atoms with Crippen LogP contribution < -0.4 is 58.1 Å². The maximum absolute atomic E-state index is 5.41. The van der Waals surface area contributed by atoms with Crippen molar-refractivity contribution in [3.8, 4) is 46.5 Å². The Morgan fingerprint density at radius 2 is 0.516 bits per heavy atom. The van der Waals surface area contributed by atoms with Crippen LogP contribution in [0.1, 0.15) is 0 Å². The molecule has 0 saturated heterocycles. The van der Waals surface area contributed by atoms with Crippen molar-refractivity contribution in [2.75, 3.05) is 53.3 Å². The second-order valence-corrected chi connectivity index (χ2v) is 26.2. The number of nitrogens with zero attached hydrogens (tertiary/aromatic N) is 13. The first kappa shape index (κ1) is 94.6. The monoisotopic (exact) mass is 2360 g/mol. The Labute approximate surface area is 792 Å². The zero-order valence-electron chi connectivity index (χ0n) is 68.1. The number of anilines is 12. The predicted octanol–water partition coefficient (Wildman–Crippen LogP) is 24.8. The normalized spacial score (nSPS) is 11.7. The minimum absolute atomic E-state index is 0. The summed E-state index contributed by atoms with van der Waals surface area (Å²) in [6.45, 7) is 8.26. The molecule has 21 rings (SSSR count). The van der Waals surface area contributed by atoms with Crippen molar-refractivity contribution < 1.29 is 99.4 Å². The molecular weight excluding hydrogens is 2280 g/mol. The zero-order valence-corrected chi connectivity index (χ0v) is 77.7. The summed E-state index contributed by atoms with van der Waals surface area (Å²) in [5, 5.41) is 0. The van der Waals surface area contributed by atoms with Crippen molar-refractivity contribution in [1.82, 2.24) is 24.9 Å². The summed E-state index contributed by atoms with van der Waals surface area (Å²) < 4.78 is 21.6. The van der Waals surface area contributed by atoms with Gasteiger partial charge in [-0.2, -0.15) is 207 Å². The van der Waals surface area contributed by atoms with Crippen LogP contribution in [0.25, 0.3) is 0 Å². The summed E-state index contributed by atoms with van der Waals surface area (Å²) in [5.74, 6) is 6.05. The van der Waals surface area contributed by atoms with Gasteiger partial charge in [0.1, 0.15) is 5.82 Å². The molecule has 0 spiro atoms. The molecule has 0 unspecified atom stereocenters. The largest absolute Gasteiger partial charge is 3.00 e. The maximum Gasteiger partial charge on any atom is 3.00 e. The number of ether oxygens (including phenoxy) is 4. The first-order valence-electron chi connectivity index (χ1n) is 39.0.